The Labute approximate surface area is 127 Å². The van der Waals surface area contributed by atoms with Gasteiger partial charge in [0.2, 0.25) is 5.88 Å². The molecule has 2 N–H and O–H groups in total. The quantitative estimate of drug-likeness (QED) is 0.732. The Morgan fingerprint density at radius 1 is 1.10 bits per heavy atom. The fourth-order valence-electron chi connectivity index (χ4n) is 2.09. The lowest BCUT2D eigenvalue weighted by molar-refractivity contribution is 0.439. The molecule has 106 valence electrons. The Hall–Kier alpha value is -2.21. The highest BCUT2D eigenvalue weighted by atomic mass is 79.9. The fraction of sp³-hybridized carbons (Fsp3) is 0. The molecule has 1 aromatic heterocycles. The molecule has 21 heavy (non-hydrogen) atoms. The second kappa shape index (κ2) is 5.29. The smallest absolute Gasteiger partial charge is 0.230 e. The van der Waals surface area contributed by atoms with E-state index in [-0.39, 0.29) is 17.1 Å². The summed E-state index contributed by atoms with van der Waals surface area (Å²) >= 11 is 3.19. The van der Waals surface area contributed by atoms with Gasteiger partial charge in [0, 0.05) is 10.0 Å². The van der Waals surface area contributed by atoms with Crippen LogP contribution >= 0.6 is 15.9 Å². The van der Waals surface area contributed by atoms with Crippen molar-refractivity contribution in [1.82, 2.24) is 5.16 Å². The van der Waals surface area contributed by atoms with Gasteiger partial charge in [0.05, 0.1) is 5.56 Å². The highest BCUT2D eigenvalue weighted by Crippen LogP contribution is 2.37. The number of rotatable bonds is 2. The molecule has 0 aliphatic heterocycles. The number of nitrogen functional groups attached to an aromatic ring is 1. The summed E-state index contributed by atoms with van der Waals surface area (Å²) in [6, 6.07) is 10.4. The first-order valence-corrected chi connectivity index (χ1v) is 6.82. The van der Waals surface area contributed by atoms with Gasteiger partial charge in [-0.15, -0.1) is 0 Å². The minimum absolute atomic E-state index is 0.0120. The van der Waals surface area contributed by atoms with Gasteiger partial charge in [0.25, 0.3) is 0 Å². The number of aromatic nitrogens is 1. The van der Waals surface area contributed by atoms with E-state index in [2.05, 4.69) is 21.1 Å². The van der Waals surface area contributed by atoms with Crippen LogP contribution in [0, 0.1) is 11.6 Å². The predicted octanol–water partition coefficient (Wildman–Crippen LogP) is 4.63. The van der Waals surface area contributed by atoms with Crippen LogP contribution in [0.2, 0.25) is 0 Å². The van der Waals surface area contributed by atoms with Gasteiger partial charge in [0.15, 0.2) is 0 Å². The van der Waals surface area contributed by atoms with Crippen molar-refractivity contribution in [1.29, 1.82) is 0 Å². The Morgan fingerprint density at radius 2 is 1.90 bits per heavy atom. The summed E-state index contributed by atoms with van der Waals surface area (Å²) in [5.41, 5.74) is 7.08. The molecule has 0 unspecified atom stereocenters. The van der Waals surface area contributed by atoms with Crippen LogP contribution in [-0.4, -0.2) is 5.16 Å². The molecule has 6 heteroatoms. The first-order chi connectivity index (χ1) is 10.1. The van der Waals surface area contributed by atoms with E-state index in [9.17, 15) is 8.78 Å². The van der Waals surface area contributed by atoms with Crippen molar-refractivity contribution in [3.05, 3.63) is 58.6 Å². The van der Waals surface area contributed by atoms with Crippen molar-refractivity contribution in [2.75, 3.05) is 5.73 Å². The van der Waals surface area contributed by atoms with Crippen molar-refractivity contribution in [3.8, 4) is 22.4 Å². The summed E-state index contributed by atoms with van der Waals surface area (Å²) < 4.78 is 33.0. The van der Waals surface area contributed by atoms with E-state index in [1.54, 1.807) is 24.3 Å². The fourth-order valence-corrected chi connectivity index (χ4v) is 2.42. The summed E-state index contributed by atoms with van der Waals surface area (Å²) in [6.07, 6.45) is 0. The Kier molecular flexibility index (Phi) is 3.47. The molecular weight excluding hydrogens is 342 g/mol. The van der Waals surface area contributed by atoms with Crippen molar-refractivity contribution < 1.29 is 13.3 Å². The average molecular weight is 351 g/mol. The molecule has 3 nitrogen and oxygen atoms in total. The number of nitrogens with two attached hydrogens (primary N) is 1. The standard InChI is InChI=1S/C15H9BrF2N2O/c16-9-4-5-11(12(18)7-9)14-13(15(19)21-20-14)8-2-1-3-10(17)6-8/h1-7H,19H2. The molecule has 0 fully saturated rings. The summed E-state index contributed by atoms with van der Waals surface area (Å²) in [5.74, 6) is -0.886. The average Bonchev–Trinajstić information content (AvgIpc) is 2.80. The molecular formula is C15H9BrF2N2O. The zero-order chi connectivity index (χ0) is 15.0. The van der Waals surface area contributed by atoms with E-state index < -0.39 is 11.6 Å². The summed E-state index contributed by atoms with van der Waals surface area (Å²) in [4.78, 5) is 0. The van der Waals surface area contributed by atoms with Gasteiger partial charge < -0.3 is 10.3 Å². The maximum Gasteiger partial charge on any atom is 0.230 e. The number of benzene rings is 2. The lowest BCUT2D eigenvalue weighted by Crippen LogP contribution is -1.90. The van der Waals surface area contributed by atoms with Gasteiger partial charge in [-0.3, -0.25) is 0 Å². The molecule has 1 heterocycles. The summed E-state index contributed by atoms with van der Waals surface area (Å²) in [5, 5.41) is 3.80. The summed E-state index contributed by atoms with van der Waals surface area (Å²) in [6.45, 7) is 0. The molecule has 0 spiro atoms. The second-order valence-electron chi connectivity index (χ2n) is 4.40. The third kappa shape index (κ3) is 2.54. The second-order valence-corrected chi connectivity index (χ2v) is 5.32. The summed E-state index contributed by atoms with van der Waals surface area (Å²) in [7, 11) is 0. The minimum Gasteiger partial charge on any atom is -0.367 e. The maximum absolute atomic E-state index is 14.1. The molecule has 0 atom stereocenters. The van der Waals surface area contributed by atoms with Gasteiger partial charge in [-0.05, 0) is 35.9 Å². The van der Waals surface area contributed by atoms with Crippen LogP contribution in [-0.2, 0) is 0 Å². The number of hydrogen-bond donors (Lipinski definition) is 1. The lowest BCUT2D eigenvalue weighted by atomic mass is 10.0. The minimum atomic E-state index is -0.477. The first-order valence-electron chi connectivity index (χ1n) is 6.03. The lowest BCUT2D eigenvalue weighted by Gasteiger charge is -2.04. The van der Waals surface area contributed by atoms with Gasteiger partial charge in [-0.25, -0.2) is 8.78 Å². The van der Waals surface area contributed by atoms with Crippen LogP contribution in [0.4, 0.5) is 14.7 Å². The van der Waals surface area contributed by atoms with Crippen LogP contribution in [0.25, 0.3) is 22.4 Å². The predicted molar refractivity (Wildman–Crippen MR) is 79.4 cm³/mol. The van der Waals surface area contributed by atoms with E-state index in [0.29, 0.717) is 15.6 Å². The van der Waals surface area contributed by atoms with Gasteiger partial charge in [-0.2, -0.15) is 0 Å². The third-order valence-corrected chi connectivity index (χ3v) is 3.51. The maximum atomic E-state index is 14.1. The van der Waals surface area contributed by atoms with Gasteiger partial charge in [0.1, 0.15) is 17.3 Å². The molecule has 0 aliphatic rings. The largest absolute Gasteiger partial charge is 0.367 e. The van der Waals surface area contributed by atoms with E-state index in [4.69, 9.17) is 10.3 Å². The zero-order valence-electron chi connectivity index (χ0n) is 10.6. The van der Waals surface area contributed by atoms with Crippen molar-refractivity contribution in [2.24, 2.45) is 0 Å². The van der Waals surface area contributed by atoms with Gasteiger partial charge in [-0.1, -0.05) is 33.2 Å². The van der Waals surface area contributed by atoms with Crippen LogP contribution in [0.5, 0.6) is 0 Å². The van der Waals surface area contributed by atoms with E-state index in [1.165, 1.54) is 18.2 Å². The Balaban J connectivity index is 2.22. The first kappa shape index (κ1) is 13.8. The van der Waals surface area contributed by atoms with E-state index in [1.807, 2.05) is 0 Å². The number of anilines is 1. The number of nitrogens with zero attached hydrogens (tertiary/aromatic N) is 1. The topological polar surface area (TPSA) is 52.0 Å². The van der Waals surface area contributed by atoms with E-state index >= 15 is 0 Å². The number of hydrogen-bond acceptors (Lipinski definition) is 3. The molecule has 0 bridgehead atoms. The molecule has 0 saturated carbocycles. The molecule has 3 rings (SSSR count). The highest BCUT2D eigenvalue weighted by Gasteiger charge is 2.20. The molecule has 3 aromatic rings. The molecule has 0 amide bonds. The van der Waals surface area contributed by atoms with Crippen molar-refractivity contribution in [2.45, 2.75) is 0 Å². The monoisotopic (exact) mass is 350 g/mol. The number of halogens is 3. The SMILES string of the molecule is Nc1onc(-c2ccc(Br)cc2F)c1-c1cccc(F)c1. The Bertz CT molecular complexity index is 817. The van der Waals surface area contributed by atoms with Crippen LogP contribution < -0.4 is 5.73 Å². The van der Waals surface area contributed by atoms with Crippen molar-refractivity contribution in [3.63, 3.8) is 0 Å². The highest BCUT2D eigenvalue weighted by molar-refractivity contribution is 9.10. The molecule has 0 aliphatic carbocycles. The van der Waals surface area contributed by atoms with Crippen LogP contribution in [0.3, 0.4) is 0 Å². The Morgan fingerprint density at radius 3 is 2.62 bits per heavy atom. The zero-order valence-corrected chi connectivity index (χ0v) is 12.2. The van der Waals surface area contributed by atoms with E-state index in [0.717, 1.165) is 0 Å². The molecule has 0 radical (unpaired) electrons. The normalized spacial score (nSPS) is 10.8. The van der Waals surface area contributed by atoms with Crippen LogP contribution in [0.15, 0.2) is 51.5 Å². The third-order valence-electron chi connectivity index (χ3n) is 3.02. The molecule has 0 saturated heterocycles. The van der Waals surface area contributed by atoms with Crippen LogP contribution in [0.1, 0.15) is 0 Å². The molecule has 2 aromatic carbocycles. The van der Waals surface area contributed by atoms with Crippen molar-refractivity contribution >= 4 is 21.8 Å². The van der Waals surface area contributed by atoms with Gasteiger partial charge >= 0.3 is 0 Å².